The van der Waals surface area contributed by atoms with Gasteiger partial charge < -0.3 is 20.1 Å². The van der Waals surface area contributed by atoms with Crippen LogP contribution < -0.4 is 15.8 Å². The van der Waals surface area contributed by atoms with Gasteiger partial charge in [0.25, 0.3) is 5.56 Å². The Hall–Kier alpha value is -4.48. The maximum Gasteiger partial charge on any atom is 0.419 e. The summed E-state index contributed by atoms with van der Waals surface area (Å²) in [4.78, 5) is 39.2. The molecule has 1 amide bonds. The number of fused-ring (bicyclic) bond motifs is 1. The van der Waals surface area contributed by atoms with Crippen molar-refractivity contribution in [2.45, 2.75) is 32.5 Å². The summed E-state index contributed by atoms with van der Waals surface area (Å²) in [5.74, 6) is -0.817. The SMILES string of the molecule is Cc1nc(N[C@H](C)c2cccc(C(F)(F)F)c2F)c2cc(N(C)c3c[nH]c(=O)c(CC(=O)N(C)C)c3)ccc2n1. The number of likely N-dealkylation sites (N-methyl/N-ethyl adjacent to an activating group) is 1. The number of aromatic amines is 1. The number of carbonyl (C=O) groups excluding carboxylic acids is 1. The number of aryl methyl sites for hydroxylation is 1. The molecule has 40 heavy (non-hydrogen) atoms. The third-order valence-corrected chi connectivity index (χ3v) is 6.52. The van der Waals surface area contributed by atoms with Crippen molar-refractivity contribution in [3.8, 4) is 0 Å². The number of hydrogen-bond acceptors (Lipinski definition) is 6. The van der Waals surface area contributed by atoms with Crippen molar-refractivity contribution < 1.29 is 22.4 Å². The number of benzene rings is 2. The van der Waals surface area contributed by atoms with E-state index in [1.54, 1.807) is 58.1 Å². The number of anilines is 3. The smallest absolute Gasteiger partial charge is 0.363 e. The van der Waals surface area contributed by atoms with Crippen molar-refractivity contribution in [2.75, 3.05) is 31.4 Å². The number of nitrogens with zero attached hydrogens (tertiary/aromatic N) is 4. The first-order chi connectivity index (χ1) is 18.8. The lowest BCUT2D eigenvalue weighted by molar-refractivity contribution is -0.140. The molecular formula is C28H28F4N6O2. The summed E-state index contributed by atoms with van der Waals surface area (Å²) in [5, 5.41) is 3.61. The van der Waals surface area contributed by atoms with E-state index in [9.17, 15) is 27.2 Å². The number of nitrogens with one attached hydrogen (secondary N) is 2. The molecule has 12 heteroatoms. The first-order valence-electron chi connectivity index (χ1n) is 12.3. The second-order valence-corrected chi connectivity index (χ2v) is 9.63. The van der Waals surface area contributed by atoms with Gasteiger partial charge in [0.1, 0.15) is 17.5 Å². The number of pyridine rings is 1. The molecule has 2 heterocycles. The zero-order valence-corrected chi connectivity index (χ0v) is 22.5. The summed E-state index contributed by atoms with van der Waals surface area (Å²) in [5.41, 5.74) is 0.321. The van der Waals surface area contributed by atoms with Crippen molar-refractivity contribution in [3.63, 3.8) is 0 Å². The van der Waals surface area contributed by atoms with Gasteiger partial charge in [-0.25, -0.2) is 14.4 Å². The lowest BCUT2D eigenvalue weighted by Gasteiger charge is -2.22. The fraction of sp³-hybridized carbons (Fsp3) is 0.286. The largest absolute Gasteiger partial charge is 0.419 e. The number of alkyl halides is 3. The summed E-state index contributed by atoms with van der Waals surface area (Å²) in [6.07, 6.45) is -3.36. The van der Waals surface area contributed by atoms with Crippen molar-refractivity contribution in [3.05, 3.63) is 87.3 Å². The third-order valence-electron chi connectivity index (χ3n) is 6.52. The van der Waals surface area contributed by atoms with Crippen LogP contribution in [0.25, 0.3) is 10.9 Å². The van der Waals surface area contributed by atoms with Gasteiger partial charge in [0.15, 0.2) is 0 Å². The highest BCUT2D eigenvalue weighted by Crippen LogP contribution is 2.35. The quantitative estimate of drug-likeness (QED) is 0.298. The molecule has 0 unspecified atom stereocenters. The molecule has 0 radical (unpaired) electrons. The van der Waals surface area contributed by atoms with Gasteiger partial charge in [-0.05, 0) is 44.2 Å². The highest BCUT2D eigenvalue weighted by atomic mass is 19.4. The zero-order valence-electron chi connectivity index (χ0n) is 22.5. The Bertz CT molecular complexity index is 1630. The van der Waals surface area contributed by atoms with Gasteiger partial charge in [0, 0.05) is 49.5 Å². The topological polar surface area (TPSA) is 94.2 Å². The van der Waals surface area contributed by atoms with Crippen molar-refractivity contribution in [2.24, 2.45) is 0 Å². The summed E-state index contributed by atoms with van der Waals surface area (Å²) in [7, 11) is 4.99. The zero-order chi connectivity index (χ0) is 29.4. The summed E-state index contributed by atoms with van der Waals surface area (Å²) < 4.78 is 54.6. The van der Waals surface area contributed by atoms with E-state index >= 15 is 0 Å². The van der Waals surface area contributed by atoms with Gasteiger partial charge in [0.05, 0.1) is 29.2 Å². The predicted octanol–water partition coefficient (Wildman–Crippen LogP) is 5.36. The van der Waals surface area contributed by atoms with Crippen molar-refractivity contribution in [1.82, 2.24) is 19.9 Å². The van der Waals surface area contributed by atoms with Gasteiger partial charge in [0.2, 0.25) is 5.91 Å². The Morgan fingerprint density at radius 1 is 1.07 bits per heavy atom. The van der Waals surface area contributed by atoms with Crippen LogP contribution in [0, 0.1) is 12.7 Å². The number of aromatic nitrogens is 3. The summed E-state index contributed by atoms with van der Waals surface area (Å²) in [6.45, 7) is 3.23. The molecule has 2 N–H and O–H groups in total. The molecule has 4 aromatic rings. The molecule has 1 atom stereocenters. The van der Waals surface area contributed by atoms with Gasteiger partial charge >= 0.3 is 6.18 Å². The highest BCUT2D eigenvalue weighted by Gasteiger charge is 2.35. The van der Waals surface area contributed by atoms with E-state index in [-0.39, 0.29) is 23.5 Å². The minimum Gasteiger partial charge on any atom is -0.363 e. The van der Waals surface area contributed by atoms with E-state index in [2.05, 4.69) is 20.3 Å². The number of amides is 1. The second-order valence-electron chi connectivity index (χ2n) is 9.63. The maximum absolute atomic E-state index is 14.8. The summed E-state index contributed by atoms with van der Waals surface area (Å²) >= 11 is 0. The van der Waals surface area contributed by atoms with E-state index in [0.29, 0.717) is 45.5 Å². The fourth-order valence-corrected chi connectivity index (χ4v) is 4.25. The van der Waals surface area contributed by atoms with Gasteiger partial charge in [-0.3, -0.25) is 9.59 Å². The van der Waals surface area contributed by atoms with Crippen LogP contribution in [-0.4, -0.2) is 46.9 Å². The van der Waals surface area contributed by atoms with E-state index in [1.807, 2.05) is 6.07 Å². The van der Waals surface area contributed by atoms with Crippen LogP contribution in [0.2, 0.25) is 0 Å². The Balaban J connectivity index is 1.70. The minimum absolute atomic E-state index is 0.0626. The normalized spacial score (nSPS) is 12.3. The molecule has 0 saturated carbocycles. The Labute approximate surface area is 227 Å². The Morgan fingerprint density at radius 3 is 2.48 bits per heavy atom. The van der Waals surface area contributed by atoms with E-state index in [1.165, 1.54) is 23.2 Å². The molecule has 0 aliphatic rings. The molecule has 0 bridgehead atoms. The molecule has 8 nitrogen and oxygen atoms in total. The molecule has 0 aliphatic heterocycles. The maximum atomic E-state index is 14.8. The molecule has 0 aliphatic carbocycles. The molecule has 0 saturated heterocycles. The van der Waals surface area contributed by atoms with Gasteiger partial charge in [-0.15, -0.1) is 0 Å². The molecule has 0 spiro atoms. The average Bonchev–Trinajstić information content (AvgIpc) is 2.88. The van der Waals surface area contributed by atoms with Crippen molar-refractivity contribution >= 4 is 34.0 Å². The third kappa shape index (κ3) is 5.90. The second kappa shape index (κ2) is 10.9. The molecule has 2 aromatic heterocycles. The van der Waals surface area contributed by atoms with Gasteiger partial charge in [-0.2, -0.15) is 13.2 Å². The lowest BCUT2D eigenvalue weighted by Crippen LogP contribution is -2.27. The van der Waals surface area contributed by atoms with Crippen LogP contribution >= 0.6 is 0 Å². The molecular weight excluding hydrogens is 528 g/mol. The number of halogens is 4. The fourth-order valence-electron chi connectivity index (χ4n) is 4.25. The molecule has 4 rings (SSSR count). The predicted molar refractivity (Wildman–Crippen MR) is 145 cm³/mol. The van der Waals surface area contributed by atoms with Crippen LogP contribution in [0.4, 0.5) is 34.8 Å². The Kier molecular flexibility index (Phi) is 7.81. The van der Waals surface area contributed by atoms with E-state index in [4.69, 9.17) is 0 Å². The van der Waals surface area contributed by atoms with Crippen LogP contribution in [0.15, 0.2) is 53.5 Å². The molecule has 210 valence electrons. The van der Waals surface area contributed by atoms with E-state index in [0.717, 1.165) is 0 Å². The van der Waals surface area contributed by atoms with E-state index < -0.39 is 23.6 Å². The Morgan fingerprint density at radius 2 is 1.80 bits per heavy atom. The van der Waals surface area contributed by atoms with Crippen LogP contribution in [-0.2, 0) is 17.4 Å². The highest BCUT2D eigenvalue weighted by molar-refractivity contribution is 5.92. The molecule has 0 fully saturated rings. The lowest BCUT2D eigenvalue weighted by atomic mass is 10.0. The average molecular weight is 557 g/mol. The van der Waals surface area contributed by atoms with Crippen LogP contribution in [0.1, 0.15) is 35.5 Å². The first-order valence-corrected chi connectivity index (χ1v) is 12.3. The summed E-state index contributed by atoms with van der Waals surface area (Å²) in [6, 6.07) is 9.31. The van der Waals surface area contributed by atoms with Gasteiger partial charge in [-0.1, -0.05) is 12.1 Å². The number of hydrogen-bond donors (Lipinski definition) is 2. The standard InChI is InChI=1S/C28H28F4N6O2/c1-15(20-7-6-8-22(25(20)29)28(30,31)32)34-26-21-13-18(9-10-23(21)35-16(2)36-26)38(5)19-11-17(27(40)33-14-19)12-24(39)37(3)4/h6-11,13-15H,12H2,1-5H3,(H,33,40)(H,34,35,36)/t15-/m1/s1. The number of carbonyl (C=O) groups is 1. The first kappa shape index (κ1) is 28.5. The monoisotopic (exact) mass is 556 g/mol. The van der Waals surface area contributed by atoms with Crippen LogP contribution in [0.5, 0.6) is 0 Å². The number of H-pyrrole nitrogens is 1. The van der Waals surface area contributed by atoms with Crippen LogP contribution in [0.3, 0.4) is 0 Å². The number of rotatable bonds is 7. The minimum atomic E-state index is -4.82. The molecule has 2 aromatic carbocycles. The van der Waals surface area contributed by atoms with Crippen molar-refractivity contribution in [1.29, 1.82) is 0 Å².